The highest BCUT2D eigenvalue weighted by Crippen LogP contribution is 2.29. The number of carbonyl (C=O) groups is 1. The maximum Gasteiger partial charge on any atom is 0.433 e. The van der Waals surface area contributed by atoms with Crippen LogP contribution in [0.5, 0.6) is 6.01 Å². The molecule has 1 aliphatic heterocycles. The zero-order chi connectivity index (χ0) is 21.2. The molecule has 0 spiro atoms. The Hall–Kier alpha value is -3.24. The van der Waals surface area contributed by atoms with E-state index in [-0.39, 0.29) is 23.4 Å². The summed E-state index contributed by atoms with van der Waals surface area (Å²) in [6.07, 6.45) is -3.17. The lowest BCUT2D eigenvalue weighted by atomic mass is 10.0. The molecule has 2 aromatic rings. The van der Waals surface area contributed by atoms with E-state index >= 15 is 0 Å². The van der Waals surface area contributed by atoms with E-state index in [1.165, 1.54) is 30.0 Å². The van der Waals surface area contributed by atoms with Gasteiger partial charge in [-0.1, -0.05) is 6.07 Å². The quantitative estimate of drug-likeness (QED) is 0.566. The minimum absolute atomic E-state index is 0.112. The van der Waals surface area contributed by atoms with Crippen molar-refractivity contribution in [2.24, 2.45) is 0 Å². The van der Waals surface area contributed by atoms with Crippen molar-refractivity contribution in [2.75, 3.05) is 13.1 Å². The molecule has 29 heavy (non-hydrogen) atoms. The number of hydrogen-bond donors (Lipinski definition) is 0. The number of alkyl halides is 3. The van der Waals surface area contributed by atoms with Gasteiger partial charge < -0.3 is 9.64 Å². The summed E-state index contributed by atoms with van der Waals surface area (Å²) in [5.41, 5.74) is -0.807. The molecule has 0 radical (unpaired) electrons. The number of ether oxygens (including phenoxy) is 1. The van der Waals surface area contributed by atoms with E-state index in [9.17, 15) is 28.1 Å². The average molecular weight is 410 g/mol. The summed E-state index contributed by atoms with van der Waals surface area (Å²) in [6, 6.07) is 4.59. The highest BCUT2D eigenvalue weighted by molar-refractivity contribution is 5.96. The Morgan fingerprint density at radius 3 is 2.79 bits per heavy atom. The van der Waals surface area contributed by atoms with Gasteiger partial charge in [0.05, 0.1) is 11.5 Å². The number of rotatable bonds is 4. The molecule has 1 aliphatic rings. The van der Waals surface area contributed by atoms with E-state index in [1.54, 1.807) is 0 Å². The van der Waals surface area contributed by atoms with Crippen molar-refractivity contribution < 1.29 is 27.6 Å². The van der Waals surface area contributed by atoms with Crippen LogP contribution in [-0.4, -0.2) is 44.9 Å². The summed E-state index contributed by atoms with van der Waals surface area (Å²) < 4.78 is 43.8. The molecular weight excluding hydrogens is 393 g/mol. The fraction of sp³-hybridized carbons (Fsp3) is 0.389. The van der Waals surface area contributed by atoms with Crippen molar-refractivity contribution in [3.05, 3.63) is 57.4 Å². The molecule has 0 aliphatic carbocycles. The number of hydrogen-bond acceptors (Lipinski definition) is 6. The number of carbonyl (C=O) groups excluding carboxylic acids is 1. The number of aromatic nitrogens is 2. The number of halogens is 3. The van der Waals surface area contributed by atoms with Crippen LogP contribution in [0.15, 0.2) is 30.5 Å². The molecule has 0 N–H and O–H groups in total. The Morgan fingerprint density at radius 1 is 1.34 bits per heavy atom. The summed E-state index contributed by atoms with van der Waals surface area (Å²) in [4.78, 5) is 31.9. The maximum atomic E-state index is 12.8. The summed E-state index contributed by atoms with van der Waals surface area (Å²) >= 11 is 0. The molecule has 1 fully saturated rings. The zero-order valence-electron chi connectivity index (χ0n) is 15.3. The first-order valence-corrected chi connectivity index (χ1v) is 8.77. The van der Waals surface area contributed by atoms with Gasteiger partial charge in [0.15, 0.2) is 5.69 Å². The molecule has 1 unspecified atom stereocenters. The third-order valence-electron chi connectivity index (χ3n) is 4.59. The molecule has 154 valence electrons. The Kier molecular flexibility index (Phi) is 5.66. The van der Waals surface area contributed by atoms with Crippen LogP contribution < -0.4 is 4.74 Å². The second kappa shape index (κ2) is 8.02. The summed E-state index contributed by atoms with van der Waals surface area (Å²) in [5.74, 6) is -0.399. The van der Waals surface area contributed by atoms with Gasteiger partial charge in [-0.25, -0.2) is 4.98 Å². The fourth-order valence-corrected chi connectivity index (χ4v) is 3.15. The summed E-state index contributed by atoms with van der Waals surface area (Å²) in [6.45, 7) is 2.02. The van der Waals surface area contributed by atoms with Crippen LogP contribution in [0.1, 0.15) is 34.5 Å². The van der Waals surface area contributed by atoms with Gasteiger partial charge in [0, 0.05) is 29.9 Å². The molecule has 3 rings (SSSR count). The fourth-order valence-electron chi connectivity index (χ4n) is 3.15. The lowest BCUT2D eigenvalue weighted by Gasteiger charge is -2.32. The molecule has 0 bridgehead atoms. The Labute approximate surface area is 163 Å². The van der Waals surface area contributed by atoms with Gasteiger partial charge in [-0.15, -0.1) is 0 Å². The summed E-state index contributed by atoms with van der Waals surface area (Å²) in [5, 5.41) is 11.1. The number of amides is 1. The van der Waals surface area contributed by atoms with Gasteiger partial charge in [0.1, 0.15) is 6.10 Å². The topological polar surface area (TPSA) is 98.5 Å². The van der Waals surface area contributed by atoms with Gasteiger partial charge in [-0.2, -0.15) is 18.2 Å². The predicted octanol–water partition coefficient (Wildman–Crippen LogP) is 3.40. The van der Waals surface area contributed by atoms with Crippen LogP contribution in [0.3, 0.4) is 0 Å². The second-order valence-corrected chi connectivity index (χ2v) is 6.56. The van der Waals surface area contributed by atoms with Gasteiger partial charge >= 0.3 is 12.2 Å². The van der Waals surface area contributed by atoms with E-state index in [4.69, 9.17) is 4.74 Å². The highest BCUT2D eigenvalue weighted by atomic mass is 19.4. The first-order valence-electron chi connectivity index (χ1n) is 8.77. The van der Waals surface area contributed by atoms with Crippen LogP contribution in [0.2, 0.25) is 0 Å². The molecule has 1 amide bonds. The summed E-state index contributed by atoms with van der Waals surface area (Å²) in [7, 11) is 0. The average Bonchev–Trinajstić information content (AvgIpc) is 2.67. The lowest BCUT2D eigenvalue weighted by Crippen LogP contribution is -2.44. The smallest absolute Gasteiger partial charge is 0.433 e. The first-order chi connectivity index (χ1) is 13.7. The predicted molar refractivity (Wildman–Crippen MR) is 94.4 cm³/mol. The minimum Gasteiger partial charge on any atom is -0.458 e. The Balaban J connectivity index is 1.74. The van der Waals surface area contributed by atoms with Crippen LogP contribution in [0, 0.1) is 17.0 Å². The van der Waals surface area contributed by atoms with Crippen molar-refractivity contribution in [2.45, 2.75) is 32.0 Å². The number of nitro benzene ring substituents is 1. The monoisotopic (exact) mass is 410 g/mol. The molecule has 1 atom stereocenters. The highest BCUT2D eigenvalue weighted by Gasteiger charge is 2.34. The van der Waals surface area contributed by atoms with Crippen molar-refractivity contribution >= 4 is 11.6 Å². The number of likely N-dealkylation sites (tertiary alicyclic amines) is 1. The van der Waals surface area contributed by atoms with Crippen LogP contribution in [0.25, 0.3) is 0 Å². The zero-order valence-corrected chi connectivity index (χ0v) is 15.3. The van der Waals surface area contributed by atoms with Gasteiger partial charge in [-0.05, 0) is 31.9 Å². The largest absolute Gasteiger partial charge is 0.458 e. The van der Waals surface area contributed by atoms with Gasteiger partial charge in [-0.3, -0.25) is 14.9 Å². The van der Waals surface area contributed by atoms with E-state index in [1.807, 2.05) is 0 Å². The second-order valence-electron chi connectivity index (χ2n) is 6.56. The normalized spacial score (nSPS) is 17.1. The van der Waals surface area contributed by atoms with Crippen LogP contribution in [0.4, 0.5) is 18.9 Å². The van der Waals surface area contributed by atoms with Gasteiger partial charge in [0.2, 0.25) is 0 Å². The maximum absolute atomic E-state index is 12.8. The third-order valence-corrected chi connectivity index (χ3v) is 4.59. The molecule has 2 heterocycles. The molecule has 1 aromatic carbocycles. The van der Waals surface area contributed by atoms with Crippen molar-refractivity contribution in [1.82, 2.24) is 14.9 Å². The molecule has 11 heteroatoms. The van der Waals surface area contributed by atoms with E-state index < -0.39 is 34.8 Å². The van der Waals surface area contributed by atoms with Crippen LogP contribution in [-0.2, 0) is 6.18 Å². The van der Waals surface area contributed by atoms with E-state index in [2.05, 4.69) is 9.97 Å². The number of piperidine rings is 1. The van der Waals surface area contributed by atoms with E-state index in [0.29, 0.717) is 19.4 Å². The van der Waals surface area contributed by atoms with E-state index in [0.717, 1.165) is 12.3 Å². The van der Waals surface area contributed by atoms with Crippen molar-refractivity contribution in [3.8, 4) is 6.01 Å². The van der Waals surface area contributed by atoms with Crippen molar-refractivity contribution in [3.63, 3.8) is 0 Å². The number of nitrogens with zero attached hydrogens (tertiary/aromatic N) is 4. The molecule has 1 aromatic heterocycles. The number of benzene rings is 1. The van der Waals surface area contributed by atoms with Crippen molar-refractivity contribution in [1.29, 1.82) is 0 Å². The molecule has 1 saturated heterocycles. The molecule has 0 saturated carbocycles. The Bertz CT molecular complexity index is 936. The number of nitro groups is 1. The van der Waals surface area contributed by atoms with Gasteiger partial charge in [0.25, 0.3) is 11.6 Å². The Morgan fingerprint density at radius 2 is 2.10 bits per heavy atom. The molecular formula is C18H17F3N4O4. The third kappa shape index (κ3) is 4.61. The minimum atomic E-state index is -4.62. The van der Waals surface area contributed by atoms with Crippen LogP contribution >= 0.6 is 0 Å². The lowest BCUT2D eigenvalue weighted by molar-refractivity contribution is -0.385. The SMILES string of the molecule is Cc1c(C(=O)N2CCCC(Oc3nccc(C(F)(F)F)n3)C2)cccc1[N+](=O)[O-]. The first kappa shape index (κ1) is 20.5. The standard InChI is InChI=1S/C18H17F3N4O4/c1-11-13(5-2-6-14(11)25(27)28)16(26)24-9-3-4-12(10-24)29-17-22-8-7-15(23-17)18(19,20)21/h2,5-8,12H,3-4,9-10H2,1H3. The molecule has 8 nitrogen and oxygen atoms in total.